The van der Waals surface area contributed by atoms with E-state index in [2.05, 4.69) is 5.32 Å². The Kier molecular flexibility index (Phi) is 5.36. The van der Waals surface area contributed by atoms with Crippen LogP contribution in [0.4, 0.5) is 0 Å². The highest BCUT2D eigenvalue weighted by Crippen LogP contribution is 2.19. The van der Waals surface area contributed by atoms with E-state index in [-0.39, 0.29) is 11.9 Å². The second-order valence-electron chi connectivity index (χ2n) is 4.70. The van der Waals surface area contributed by atoms with Gasteiger partial charge in [-0.15, -0.1) is 0 Å². The maximum atomic E-state index is 12.0. The number of carboxylic acid groups (broad SMARTS) is 1. The third-order valence-corrected chi connectivity index (χ3v) is 3.50. The molecule has 1 aromatic rings. The van der Waals surface area contributed by atoms with Gasteiger partial charge >= 0.3 is 5.97 Å². The molecule has 4 nitrogen and oxygen atoms in total. The average Bonchev–Trinajstić information content (AvgIpc) is 2.36. The first-order valence-electron chi connectivity index (χ1n) is 6.11. The first-order chi connectivity index (χ1) is 8.82. The molecule has 0 radical (unpaired) electrons. The van der Waals surface area contributed by atoms with E-state index in [1.54, 1.807) is 19.1 Å². The topological polar surface area (TPSA) is 66.4 Å². The number of carbonyl (C=O) groups excluding carboxylic acids is 1. The molecule has 0 aliphatic heterocycles. The van der Waals surface area contributed by atoms with Gasteiger partial charge < -0.3 is 10.4 Å². The van der Waals surface area contributed by atoms with Gasteiger partial charge in [0.1, 0.15) is 0 Å². The molecule has 19 heavy (non-hydrogen) atoms. The smallest absolute Gasteiger partial charge is 0.307 e. The van der Waals surface area contributed by atoms with E-state index < -0.39 is 17.8 Å². The Morgan fingerprint density at radius 1 is 1.21 bits per heavy atom. The van der Waals surface area contributed by atoms with Gasteiger partial charge in [-0.1, -0.05) is 37.6 Å². The molecule has 0 aromatic heterocycles. The van der Waals surface area contributed by atoms with Crippen molar-refractivity contribution < 1.29 is 14.7 Å². The number of hydrogen-bond acceptors (Lipinski definition) is 2. The van der Waals surface area contributed by atoms with Crippen molar-refractivity contribution in [2.75, 3.05) is 0 Å². The molecule has 2 unspecified atom stereocenters. The summed E-state index contributed by atoms with van der Waals surface area (Å²) in [4.78, 5) is 22.8. The van der Waals surface area contributed by atoms with Crippen LogP contribution in [0.15, 0.2) is 24.3 Å². The molecule has 0 bridgehead atoms. The van der Waals surface area contributed by atoms with Crippen LogP contribution in [0.3, 0.4) is 0 Å². The highest BCUT2D eigenvalue weighted by atomic mass is 35.5. The van der Waals surface area contributed by atoms with Crippen LogP contribution in [0.25, 0.3) is 0 Å². The van der Waals surface area contributed by atoms with Gasteiger partial charge in [0, 0.05) is 10.9 Å². The third-order valence-electron chi connectivity index (χ3n) is 3.26. The molecule has 0 fully saturated rings. The summed E-state index contributed by atoms with van der Waals surface area (Å²) in [5.74, 6) is -2.55. The zero-order chi connectivity index (χ0) is 14.6. The number of nitrogens with one attached hydrogen (secondary N) is 1. The standard InChI is InChI=1S/C14H18ClNO3/c1-8(9(2)14(18)19)13(17)16-10(3)11-5-4-6-12(15)7-11/h4-10H,1-3H3,(H,16,17)(H,18,19)/t8?,9?,10-/m0/s1. The molecule has 3 atom stereocenters. The lowest BCUT2D eigenvalue weighted by molar-refractivity contribution is -0.146. The number of hydrogen-bond donors (Lipinski definition) is 2. The summed E-state index contributed by atoms with van der Waals surface area (Å²) in [7, 11) is 0. The Morgan fingerprint density at radius 3 is 2.37 bits per heavy atom. The number of carbonyl (C=O) groups is 2. The zero-order valence-corrected chi connectivity index (χ0v) is 11.9. The quantitative estimate of drug-likeness (QED) is 0.873. The maximum Gasteiger partial charge on any atom is 0.307 e. The van der Waals surface area contributed by atoms with E-state index in [1.807, 2.05) is 19.1 Å². The van der Waals surface area contributed by atoms with Crippen LogP contribution < -0.4 is 5.32 Å². The molecule has 0 aliphatic carbocycles. The molecular weight excluding hydrogens is 266 g/mol. The normalized spacial score (nSPS) is 15.4. The number of amides is 1. The van der Waals surface area contributed by atoms with Gasteiger partial charge in [0.25, 0.3) is 0 Å². The van der Waals surface area contributed by atoms with Gasteiger partial charge in [-0.05, 0) is 24.6 Å². The Balaban J connectivity index is 2.69. The predicted molar refractivity (Wildman–Crippen MR) is 74.0 cm³/mol. The fourth-order valence-corrected chi connectivity index (χ4v) is 1.84. The number of aliphatic carboxylic acids is 1. The third kappa shape index (κ3) is 4.24. The first kappa shape index (κ1) is 15.5. The number of rotatable bonds is 5. The van der Waals surface area contributed by atoms with Gasteiger partial charge in [0.2, 0.25) is 5.91 Å². The van der Waals surface area contributed by atoms with Crippen LogP contribution in [0.5, 0.6) is 0 Å². The largest absolute Gasteiger partial charge is 0.481 e. The van der Waals surface area contributed by atoms with Gasteiger partial charge in [-0.3, -0.25) is 9.59 Å². The molecule has 0 saturated carbocycles. The lowest BCUT2D eigenvalue weighted by atomic mass is 9.94. The summed E-state index contributed by atoms with van der Waals surface area (Å²) in [5, 5.41) is 12.3. The minimum Gasteiger partial charge on any atom is -0.481 e. The Hall–Kier alpha value is -1.55. The molecule has 0 aliphatic rings. The number of benzene rings is 1. The van der Waals surface area contributed by atoms with Crippen molar-refractivity contribution in [3.63, 3.8) is 0 Å². The summed E-state index contributed by atoms with van der Waals surface area (Å²) in [6.45, 7) is 4.97. The van der Waals surface area contributed by atoms with Crippen LogP contribution in [0, 0.1) is 11.8 Å². The van der Waals surface area contributed by atoms with Gasteiger partial charge in [-0.2, -0.15) is 0 Å². The molecule has 0 spiro atoms. The lowest BCUT2D eigenvalue weighted by Gasteiger charge is -2.20. The number of carboxylic acids is 1. The minimum absolute atomic E-state index is 0.213. The van der Waals surface area contributed by atoms with Crippen LogP contribution in [0.2, 0.25) is 5.02 Å². The summed E-state index contributed by atoms with van der Waals surface area (Å²) < 4.78 is 0. The molecule has 0 saturated heterocycles. The summed E-state index contributed by atoms with van der Waals surface area (Å²) in [5.41, 5.74) is 0.885. The second kappa shape index (κ2) is 6.57. The van der Waals surface area contributed by atoms with Crippen molar-refractivity contribution in [3.05, 3.63) is 34.9 Å². The monoisotopic (exact) mass is 283 g/mol. The van der Waals surface area contributed by atoms with Crippen molar-refractivity contribution in [2.45, 2.75) is 26.8 Å². The van der Waals surface area contributed by atoms with Gasteiger partial charge in [0.05, 0.1) is 12.0 Å². The Bertz CT molecular complexity index is 476. The SMILES string of the molecule is CC(C(=O)O)C(C)C(=O)N[C@@H](C)c1cccc(Cl)c1. The fraction of sp³-hybridized carbons (Fsp3) is 0.429. The van der Waals surface area contributed by atoms with Crippen LogP contribution in [-0.4, -0.2) is 17.0 Å². The molecule has 5 heteroatoms. The summed E-state index contributed by atoms with van der Waals surface area (Å²) in [6.07, 6.45) is 0. The second-order valence-corrected chi connectivity index (χ2v) is 5.14. The summed E-state index contributed by atoms with van der Waals surface area (Å²) >= 11 is 5.89. The first-order valence-corrected chi connectivity index (χ1v) is 6.49. The molecule has 1 rings (SSSR count). The Morgan fingerprint density at radius 2 is 1.84 bits per heavy atom. The highest BCUT2D eigenvalue weighted by Gasteiger charge is 2.26. The van der Waals surface area contributed by atoms with E-state index in [0.717, 1.165) is 5.56 Å². The van der Waals surface area contributed by atoms with Crippen molar-refractivity contribution in [1.82, 2.24) is 5.32 Å². The lowest BCUT2D eigenvalue weighted by Crippen LogP contribution is -2.36. The van der Waals surface area contributed by atoms with Crippen molar-refractivity contribution in [3.8, 4) is 0 Å². The minimum atomic E-state index is -0.974. The number of halogens is 1. The average molecular weight is 284 g/mol. The van der Waals surface area contributed by atoms with Crippen LogP contribution in [0.1, 0.15) is 32.4 Å². The van der Waals surface area contributed by atoms with Crippen molar-refractivity contribution in [1.29, 1.82) is 0 Å². The van der Waals surface area contributed by atoms with Crippen LogP contribution in [-0.2, 0) is 9.59 Å². The highest BCUT2D eigenvalue weighted by molar-refractivity contribution is 6.30. The van der Waals surface area contributed by atoms with Crippen LogP contribution >= 0.6 is 11.6 Å². The van der Waals surface area contributed by atoms with E-state index >= 15 is 0 Å². The predicted octanol–water partition coefficient (Wildman–Crippen LogP) is 2.87. The Labute approximate surface area is 117 Å². The molecule has 104 valence electrons. The molecule has 1 amide bonds. The molecular formula is C14H18ClNO3. The van der Waals surface area contributed by atoms with Crippen molar-refractivity contribution >= 4 is 23.5 Å². The van der Waals surface area contributed by atoms with E-state index in [0.29, 0.717) is 5.02 Å². The van der Waals surface area contributed by atoms with E-state index in [4.69, 9.17) is 16.7 Å². The van der Waals surface area contributed by atoms with Crippen molar-refractivity contribution in [2.24, 2.45) is 11.8 Å². The molecule has 2 N–H and O–H groups in total. The maximum absolute atomic E-state index is 12.0. The molecule has 1 aromatic carbocycles. The van der Waals surface area contributed by atoms with Gasteiger partial charge in [0.15, 0.2) is 0 Å². The fourth-order valence-electron chi connectivity index (χ4n) is 1.65. The summed E-state index contributed by atoms with van der Waals surface area (Å²) in [6, 6.07) is 6.99. The molecule has 0 heterocycles. The van der Waals surface area contributed by atoms with E-state index in [9.17, 15) is 9.59 Å². The zero-order valence-electron chi connectivity index (χ0n) is 11.2. The van der Waals surface area contributed by atoms with Gasteiger partial charge in [-0.25, -0.2) is 0 Å². The van der Waals surface area contributed by atoms with E-state index in [1.165, 1.54) is 6.92 Å².